The minimum absolute atomic E-state index is 0.00981. The smallest absolute Gasteiger partial charge is 0.0986 e. The van der Waals surface area contributed by atoms with E-state index in [1.54, 1.807) is 0 Å². The molecule has 0 aromatic heterocycles. The van der Waals surface area contributed by atoms with Crippen molar-refractivity contribution in [2.75, 3.05) is 0 Å². The van der Waals surface area contributed by atoms with Crippen molar-refractivity contribution in [2.45, 2.75) is 50.7 Å². The quantitative estimate of drug-likeness (QED) is 0.486. The van der Waals surface area contributed by atoms with Crippen LogP contribution in [0.15, 0.2) is 0 Å². The molecule has 4 nitrogen and oxygen atoms in total. The maximum atomic E-state index is 9.54. The Labute approximate surface area is 72.9 Å². The summed E-state index contributed by atoms with van der Waals surface area (Å²) in [6.07, 6.45) is -0.215. The summed E-state index contributed by atoms with van der Waals surface area (Å²) in [6, 6.07) is -0.218. The SMILES string of the molecule is CC(N)C1O[C@H](C)[C@H](N)C[C@@H]1O. The molecule has 0 aromatic rings. The molecule has 0 amide bonds. The first-order chi connectivity index (χ1) is 5.52. The van der Waals surface area contributed by atoms with Gasteiger partial charge >= 0.3 is 0 Å². The summed E-state index contributed by atoms with van der Waals surface area (Å²) in [5.41, 5.74) is 11.3. The highest BCUT2D eigenvalue weighted by Crippen LogP contribution is 2.20. The molecule has 1 saturated heterocycles. The monoisotopic (exact) mass is 174 g/mol. The Bertz CT molecular complexity index is 152. The minimum Gasteiger partial charge on any atom is -0.390 e. The van der Waals surface area contributed by atoms with Crippen LogP contribution in [-0.2, 0) is 4.74 Å². The number of nitrogens with two attached hydrogens (primary N) is 2. The van der Waals surface area contributed by atoms with Crippen LogP contribution in [0.2, 0.25) is 0 Å². The number of ether oxygens (including phenoxy) is 1. The predicted octanol–water partition coefficient (Wildman–Crippen LogP) is -0.801. The van der Waals surface area contributed by atoms with Gasteiger partial charge in [-0.1, -0.05) is 0 Å². The molecule has 0 bridgehead atoms. The Hall–Kier alpha value is -0.160. The maximum Gasteiger partial charge on any atom is 0.0986 e. The zero-order chi connectivity index (χ0) is 9.30. The maximum absolute atomic E-state index is 9.54. The molecule has 1 rings (SSSR count). The van der Waals surface area contributed by atoms with E-state index in [0.29, 0.717) is 6.42 Å². The van der Waals surface area contributed by atoms with E-state index < -0.39 is 6.10 Å². The second kappa shape index (κ2) is 3.70. The Balaban J connectivity index is 2.55. The van der Waals surface area contributed by atoms with Gasteiger partial charge in [-0.3, -0.25) is 0 Å². The zero-order valence-electron chi connectivity index (χ0n) is 7.60. The fraction of sp³-hybridized carbons (Fsp3) is 1.00. The van der Waals surface area contributed by atoms with Crippen molar-refractivity contribution in [3.05, 3.63) is 0 Å². The first-order valence-electron chi connectivity index (χ1n) is 4.37. The molecule has 4 heteroatoms. The summed E-state index contributed by atoms with van der Waals surface area (Å²) in [4.78, 5) is 0. The van der Waals surface area contributed by atoms with Crippen LogP contribution in [0.1, 0.15) is 20.3 Å². The van der Waals surface area contributed by atoms with Crippen molar-refractivity contribution < 1.29 is 9.84 Å². The highest BCUT2D eigenvalue weighted by Gasteiger charge is 2.34. The third kappa shape index (κ3) is 1.95. The Morgan fingerprint density at radius 3 is 2.67 bits per heavy atom. The van der Waals surface area contributed by atoms with E-state index in [2.05, 4.69) is 0 Å². The van der Waals surface area contributed by atoms with Crippen molar-refractivity contribution in [1.82, 2.24) is 0 Å². The third-order valence-corrected chi connectivity index (χ3v) is 2.39. The number of hydrogen-bond donors (Lipinski definition) is 3. The lowest BCUT2D eigenvalue weighted by Crippen LogP contribution is -2.55. The normalized spacial score (nSPS) is 45.8. The van der Waals surface area contributed by atoms with E-state index in [-0.39, 0.29) is 24.3 Å². The lowest BCUT2D eigenvalue weighted by Gasteiger charge is -2.38. The molecule has 0 saturated carbocycles. The number of hydrogen-bond acceptors (Lipinski definition) is 4. The van der Waals surface area contributed by atoms with Gasteiger partial charge in [0.15, 0.2) is 0 Å². The van der Waals surface area contributed by atoms with Gasteiger partial charge < -0.3 is 21.3 Å². The van der Waals surface area contributed by atoms with Crippen LogP contribution in [-0.4, -0.2) is 35.5 Å². The second-order valence-electron chi connectivity index (χ2n) is 3.63. The van der Waals surface area contributed by atoms with E-state index in [4.69, 9.17) is 16.2 Å². The molecule has 0 spiro atoms. The van der Waals surface area contributed by atoms with Crippen LogP contribution in [0.25, 0.3) is 0 Å². The second-order valence-corrected chi connectivity index (χ2v) is 3.63. The number of aliphatic hydroxyl groups is 1. The van der Waals surface area contributed by atoms with Crippen molar-refractivity contribution in [2.24, 2.45) is 11.5 Å². The van der Waals surface area contributed by atoms with Crippen LogP contribution in [0.4, 0.5) is 0 Å². The lowest BCUT2D eigenvalue weighted by atomic mass is 9.94. The minimum atomic E-state index is -0.517. The van der Waals surface area contributed by atoms with Crippen molar-refractivity contribution in [1.29, 1.82) is 0 Å². The fourth-order valence-corrected chi connectivity index (χ4v) is 1.52. The number of aliphatic hydroxyl groups excluding tert-OH is 1. The summed E-state index contributed by atoms with van der Waals surface area (Å²) in [5.74, 6) is 0. The summed E-state index contributed by atoms with van der Waals surface area (Å²) in [5, 5.41) is 9.54. The van der Waals surface area contributed by atoms with E-state index >= 15 is 0 Å². The molecule has 1 fully saturated rings. The molecule has 1 aliphatic heterocycles. The van der Waals surface area contributed by atoms with E-state index in [9.17, 15) is 5.11 Å². The van der Waals surface area contributed by atoms with Crippen molar-refractivity contribution >= 4 is 0 Å². The van der Waals surface area contributed by atoms with Crippen LogP contribution >= 0.6 is 0 Å². The Morgan fingerprint density at radius 2 is 2.17 bits per heavy atom. The molecule has 1 aliphatic rings. The molecule has 72 valence electrons. The van der Waals surface area contributed by atoms with Gasteiger partial charge in [-0.05, 0) is 20.3 Å². The molecule has 0 aliphatic carbocycles. The van der Waals surface area contributed by atoms with E-state index in [0.717, 1.165) is 0 Å². The van der Waals surface area contributed by atoms with Gasteiger partial charge in [-0.2, -0.15) is 0 Å². The average molecular weight is 174 g/mol. The summed E-state index contributed by atoms with van der Waals surface area (Å²) in [6.45, 7) is 3.74. The molecule has 1 heterocycles. The molecule has 5 N–H and O–H groups in total. The average Bonchev–Trinajstić information content (AvgIpc) is 1.96. The summed E-state index contributed by atoms with van der Waals surface area (Å²) < 4.78 is 5.47. The van der Waals surface area contributed by atoms with Gasteiger partial charge in [0.25, 0.3) is 0 Å². The van der Waals surface area contributed by atoms with Crippen molar-refractivity contribution in [3.63, 3.8) is 0 Å². The molecular weight excluding hydrogens is 156 g/mol. The molecule has 5 atom stereocenters. The zero-order valence-corrected chi connectivity index (χ0v) is 7.60. The van der Waals surface area contributed by atoms with E-state index in [1.807, 2.05) is 13.8 Å². The van der Waals surface area contributed by atoms with Gasteiger partial charge in [-0.15, -0.1) is 0 Å². The third-order valence-electron chi connectivity index (χ3n) is 2.39. The van der Waals surface area contributed by atoms with Gasteiger partial charge in [-0.25, -0.2) is 0 Å². The first kappa shape index (κ1) is 9.92. The van der Waals surface area contributed by atoms with Crippen LogP contribution in [0.5, 0.6) is 0 Å². The standard InChI is InChI=1S/C8H18N2O2/c1-4(9)8-7(11)3-6(10)5(2)12-8/h4-8,11H,3,9-10H2,1-2H3/t4?,5-,6-,7+,8?/m1/s1. The van der Waals surface area contributed by atoms with Gasteiger partial charge in [0.05, 0.1) is 18.3 Å². The summed E-state index contributed by atoms with van der Waals surface area (Å²) in [7, 11) is 0. The number of rotatable bonds is 1. The fourth-order valence-electron chi connectivity index (χ4n) is 1.52. The molecular formula is C8H18N2O2. The molecule has 0 radical (unpaired) electrons. The topological polar surface area (TPSA) is 81.5 Å². The highest BCUT2D eigenvalue weighted by atomic mass is 16.5. The van der Waals surface area contributed by atoms with Crippen LogP contribution < -0.4 is 11.5 Å². The first-order valence-corrected chi connectivity index (χ1v) is 4.37. The van der Waals surface area contributed by atoms with E-state index in [1.165, 1.54) is 0 Å². The Kier molecular flexibility index (Phi) is 3.06. The van der Waals surface area contributed by atoms with Gasteiger partial charge in [0.2, 0.25) is 0 Å². The Morgan fingerprint density at radius 1 is 1.58 bits per heavy atom. The highest BCUT2D eigenvalue weighted by molar-refractivity contribution is 4.88. The summed E-state index contributed by atoms with van der Waals surface area (Å²) >= 11 is 0. The predicted molar refractivity (Wildman–Crippen MR) is 46.6 cm³/mol. The van der Waals surface area contributed by atoms with Crippen LogP contribution in [0, 0.1) is 0 Å². The molecule has 0 aromatic carbocycles. The van der Waals surface area contributed by atoms with Gasteiger partial charge in [0, 0.05) is 12.1 Å². The van der Waals surface area contributed by atoms with Gasteiger partial charge in [0.1, 0.15) is 0 Å². The molecule has 12 heavy (non-hydrogen) atoms. The lowest BCUT2D eigenvalue weighted by molar-refractivity contribution is -0.126. The van der Waals surface area contributed by atoms with Crippen LogP contribution in [0.3, 0.4) is 0 Å². The molecule has 2 unspecified atom stereocenters. The largest absolute Gasteiger partial charge is 0.390 e. The van der Waals surface area contributed by atoms with Crippen molar-refractivity contribution in [3.8, 4) is 0 Å².